The smallest absolute Gasteiger partial charge is 0.358 e. The van der Waals surface area contributed by atoms with Crippen LogP contribution in [0.2, 0.25) is 0 Å². The number of aryl methyl sites for hydroxylation is 1. The Bertz CT molecular complexity index is 956. The average molecular weight is 351 g/mol. The predicted molar refractivity (Wildman–Crippen MR) is 101 cm³/mol. The fourth-order valence-corrected chi connectivity index (χ4v) is 2.90. The summed E-state index contributed by atoms with van der Waals surface area (Å²) in [5, 5.41) is 17.8. The van der Waals surface area contributed by atoms with Crippen LogP contribution in [0.1, 0.15) is 30.0 Å². The number of carboxylic acid groups (broad SMARTS) is 1. The van der Waals surface area contributed by atoms with Crippen LogP contribution in [-0.4, -0.2) is 33.6 Å². The minimum Gasteiger partial charge on any atom is -0.476 e. The number of imidazole rings is 1. The van der Waals surface area contributed by atoms with Gasteiger partial charge in [0.05, 0.1) is 5.69 Å². The van der Waals surface area contributed by atoms with Crippen molar-refractivity contribution in [1.82, 2.24) is 9.38 Å². The molecular weight excluding hydrogens is 330 g/mol. The average Bonchev–Trinajstić information content (AvgIpc) is 3.02. The van der Waals surface area contributed by atoms with Crippen LogP contribution in [0, 0.1) is 6.92 Å². The molecule has 1 aromatic carbocycles. The van der Waals surface area contributed by atoms with E-state index in [4.69, 9.17) is 0 Å². The van der Waals surface area contributed by atoms with Crippen LogP contribution in [0.25, 0.3) is 5.65 Å². The monoisotopic (exact) mass is 351 g/mol. The van der Waals surface area contributed by atoms with E-state index in [1.165, 1.54) is 0 Å². The molecule has 134 valence electrons. The van der Waals surface area contributed by atoms with Crippen LogP contribution < -0.4 is 4.90 Å². The van der Waals surface area contributed by atoms with Gasteiger partial charge in [-0.2, -0.15) is 0 Å². The van der Waals surface area contributed by atoms with E-state index in [-0.39, 0.29) is 11.5 Å². The molecule has 0 amide bonds. The summed E-state index contributed by atoms with van der Waals surface area (Å²) in [7, 11) is 0. The molecule has 0 aliphatic rings. The standard InChI is InChI=1S/C19H21N5O2/c1-4-23(5-2)15-11-9-14(10-12-15)21-22-18-17(19(25)26)20-16-8-6-7-13(3)24(16)18/h6-12H,4-5H2,1-3H3,(H,25,26). The maximum Gasteiger partial charge on any atom is 0.358 e. The molecule has 3 aromatic rings. The molecule has 0 saturated carbocycles. The molecule has 0 spiro atoms. The normalized spacial score (nSPS) is 11.3. The lowest BCUT2D eigenvalue weighted by Crippen LogP contribution is -2.21. The Balaban J connectivity index is 1.98. The number of rotatable bonds is 6. The fraction of sp³-hybridized carbons (Fsp3) is 0.263. The van der Waals surface area contributed by atoms with Crippen molar-refractivity contribution in [1.29, 1.82) is 0 Å². The molecule has 0 fully saturated rings. The quantitative estimate of drug-likeness (QED) is 0.658. The fourth-order valence-electron chi connectivity index (χ4n) is 2.90. The number of hydrogen-bond acceptors (Lipinski definition) is 5. The lowest BCUT2D eigenvalue weighted by atomic mass is 10.2. The number of aromatic nitrogens is 2. The van der Waals surface area contributed by atoms with Gasteiger partial charge < -0.3 is 10.0 Å². The molecule has 7 heteroatoms. The molecule has 7 nitrogen and oxygen atoms in total. The van der Waals surface area contributed by atoms with Gasteiger partial charge in [-0.05, 0) is 57.2 Å². The summed E-state index contributed by atoms with van der Waals surface area (Å²) in [5.74, 6) is -0.905. The molecule has 0 unspecified atom stereocenters. The first-order valence-corrected chi connectivity index (χ1v) is 8.53. The zero-order chi connectivity index (χ0) is 18.7. The number of aromatic carboxylic acids is 1. The molecule has 0 saturated heterocycles. The van der Waals surface area contributed by atoms with Crippen LogP contribution in [0.15, 0.2) is 52.7 Å². The summed E-state index contributed by atoms with van der Waals surface area (Å²) >= 11 is 0. The third-order valence-electron chi connectivity index (χ3n) is 4.26. The minimum atomic E-state index is -1.13. The van der Waals surface area contributed by atoms with E-state index in [0.717, 1.165) is 24.5 Å². The number of pyridine rings is 1. The topological polar surface area (TPSA) is 82.6 Å². The summed E-state index contributed by atoms with van der Waals surface area (Å²) in [5.41, 5.74) is 3.04. The summed E-state index contributed by atoms with van der Waals surface area (Å²) < 4.78 is 1.69. The predicted octanol–water partition coefficient (Wildman–Crippen LogP) is 4.60. The van der Waals surface area contributed by atoms with Gasteiger partial charge in [0, 0.05) is 24.5 Å². The molecule has 26 heavy (non-hydrogen) atoms. The number of carbonyl (C=O) groups is 1. The van der Waals surface area contributed by atoms with Crippen LogP contribution in [0.4, 0.5) is 17.2 Å². The lowest BCUT2D eigenvalue weighted by Gasteiger charge is -2.20. The zero-order valence-electron chi connectivity index (χ0n) is 15.0. The Hall–Kier alpha value is -3.22. The highest BCUT2D eigenvalue weighted by atomic mass is 16.4. The van der Waals surface area contributed by atoms with E-state index in [0.29, 0.717) is 11.3 Å². The Morgan fingerprint density at radius 1 is 1.12 bits per heavy atom. The van der Waals surface area contributed by atoms with Crippen LogP contribution in [0.3, 0.4) is 0 Å². The van der Waals surface area contributed by atoms with Gasteiger partial charge in [0.15, 0.2) is 11.5 Å². The van der Waals surface area contributed by atoms with Crippen molar-refractivity contribution in [3.8, 4) is 0 Å². The number of fused-ring (bicyclic) bond motifs is 1. The van der Waals surface area contributed by atoms with Crippen LogP contribution >= 0.6 is 0 Å². The van der Waals surface area contributed by atoms with Crippen molar-refractivity contribution in [3.05, 3.63) is 53.9 Å². The SMILES string of the molecule is CCN(CC)c1ccc(N=Nc2c(C(=O)O)nc3cccc(C)n23)cc1. The van der Waals surface area contributed by atoms with E-state index < -0.39 is 5.97 Å². The molecule has 1 N–H and O–H groups in total. The van der Waals surface area contributed by atoms with E-state index in [9.17, 15) is 9.90 Å². The van der Waals surface area contributed by atoms with Gasteiger partial charge >= 0.3 is 5.97 Å². The van der Waals surface area contributed by atoms with E-state index in [1.807, 2.05) is 43.3 Å². The first-order chi connectivity index (χ1) is 12.5. The molecule has 0 atom stereocenters. The van der Waals surface area contributed by atoms with Crippen molar-refractivity contribution in [2.75, 3.05) is 18.0 Å². The Morgan fingerprint density at radius 3 is 2.42 bits per heavy atom. The summed E-state index contributed by atoms with van der Waals surface area (Å²) in [6.45, 7) is 7.95. The third-order valence-corrected chi connectivity index (χ3v) is 4.26. The van der Waals surface area contributed by atoms with E-state index >= 15 is 0 Å². The van der Waals surface area contributed by atoms with Crippen molar-refractivity contribution >= 4 is 28.8 Å². The number of benzene rings is 1. The molecule has 0 aliphatic carbocycles. The maximum absolute atomic E-state index is 11.5. The van der Waals surface area contributed by atoms with Gasteiger partial charge in [-0.15, -0.1) is 10.2 Å². The highest BCUT2D eigenvalue weighted by Crippen LogP contribution is 2.26. The highest BCUT2D eigenvalue weighted by molar-refractivity contribution is 5.91. The Kier molecular flexibility index (Phi) is 4.97. The van der Waals surface area contributed by atoms with E-state index in [2.05, 4.69) is 34.0 Å². The maximum atomic E-state index is 11.5. The molecule has 2 heterocycles. The van der Waals surface area contributed by atoms with Gasteiger partial charge in [0.25, 0.3) is 0 Å². The molecular formula is C19H21N5O2. The number of hydrogen-bond donors (Lipinski definition) is 1. The van der Waals surface area contributed by atoms with Crippen LogP contribution in [0.5, 0.6) is 0 Å². The minimum absolute atomic E-state index is 0.109. The summed E-state index contributed by atoms with van der Waals surface area (Å²) in [6, 6.07) is 13.2. The van der Waals surface area contributed by atoms with Gasteiger partial charge in [-0.25, -0.2) is 9.78 Å². The molecule has 3 rings (SSSR count). The van der Waals surface area contributed by atoms with E-state index in [1.54, 1.807) is 10.5 Å². The number of anilines is 1. The Labute approximate surface area is 151 Å². The zero-order valence-corrected chi connectivity index (χ0v) is 15.0. The molecule has 0 bridgehead atoms. The second kappa shape index (κ2) is 7.35. The molecule has 0 radical (unpaired) electrons. The van der Waals surface area contributed by atoms with Crippen LogP contribution in [-0.2, 0) is 0 Å². The lowest BCUT2D eigenvalue weighted by molar-refractivity contribution is 0.0692. The van der Waals surface area contributed by atoms with Crippen molar-refractivity contribution in [3.63, 3.8) is 0 Å². The van der Waals surface area contributed by atoms with Gasteiger partial charge in [-0.1, -0.05) is 6.07 Å². The van der Waals surface area contributed by atoms with Gasteiger partial charge in [-0.3, -0.25) is 4.40 Å². The highest BCUT2D eigenvalue weighted by Gasteiger charge is 2.19. The summed E-state index contributed by atoms with van der Waals surface area (Å²) in [4.78, 5) is 17.9. The molecule has 0 aliphatic heterocycles. The number of azo groups is 1. The largest absolute Gasteiger partial charge is 0.476 e. The van der Waals surface area contributed by atoms with Crippen molar-refractivity contribution < 1.29 is 9.90 Å². The first-order valence-electron chi connectivity index (χ1n) is 8.53. The number of nitrogens with zero attached hydrogens (tertiary/aromatic N) is 5. The van der Waals surface area contributed by atoms with Crippen molar-refractivity contribution in [2.45, 2.75) is 20.8 Å². The number of carboxylic acids is 1. The second-order valence-electron chi connectivity index (χ2n) is 5.84. The first kappa shape index (κ1) is 17.6. The Morgan fingerprint density at radius 2 is 1.81 bits per heavy atom. The second-order valence-corrected chi connectivity index (χ2v) is 5.84. The third kappa shape index (κ3) is 3.28. The molecule has 2 aromatic heterocycles. The summed E-state index contributed by atoms with van der Waals surface area (Å²) in [6.07, 6.45) is 0. The van der Waals surface area contributed by atoms with Crippen molar-refractivity contribution in [2.24, 2.45) is 10.2 Å². The van der Waals surface area contributed by atoms with Gasteiger partial charge in [0.2, 0.25) is 0 Å². The van der Waals surface area contributed by atoms with Gasteiger partial charge in [0.1, 0.15) is 5.65 Å².